The molecule has 1 heterocycles. The van der Waals surface area contributed by atoms with Gasteiger partial charge in [-0.3, -0.25) is 4.79 Å². The molecule has 1 unspecified atom stereocenters. The summed E-state index contributed by atoms with van der Waals surface area (Å²) in [6, 6.07) is 0. The molecule has 3 nitrogen and oxygen atoms in total. The molecule has 0 aromatic carbocycles. The Kier molecular flexibility index (Phi) is 1.76. The Bertz CT molecular complexity index is 203. The third kappa shape index (κ3) is 1.43. The fraction of sp³-hybridized carbons (Fsp3) is 0.625. The molecule has 62 valence electrons. The highest BCUT2D eigenvalue weighted by Crippen LogP contribution is 2.20. The molecule has 1 aliphatic rings. The van der Waals surface area contributed by atoms with Crippen molar-refractivity contribution in [1.29, 1.82) is 0 Å². The Morgan fingerprint density at radius 2 is 2.09 bits per heavy atom. The van der Waals surface area contributed by atoms with Crippen molar-refractivity contribution in [3.63, 3.8) is 0 Å². The van der Waals surface area contributed by atoms with E-state index >= 15 is 0 Å². The van der Waals surface area contributed by atoms with Gasteiger partial charge in [-0.1, -0.05) is 0 Å². The zero-order chi connectivity index (χ0) is 8.65. The minimum atomic E-state index is -0.748. The molecule has 0 radical (unpaired) electrons. The minimum absolute atomic E-state index is 0.120. The van der Waals surface area contributed by atoms with Gasteiger partial charge in [-0.15, -0.1) is 0 Å². The molecule has 0 aromatic heterocycles. The summed E-state index contributed by atoms with van der Waals surface area (Å²) in [7, 11) is 0. The maximum Gasteiger partial charge on any atom is 0.249 e. The van der Waals surface area contributed by atoms with Crippen LogP contribution in [0.1, 0.15) is 20.8 Å². The van der Waals surface area contributed by atoms with E-state index in [4.69, 9.17) is 0 Å². The van der Waals surface area contributed by atoms with Gasteiger partial charge in [-0.05, 0) is 26.8 Å². The average Bonchev–Trinajstić information content (AvgIpc) is 2.08. The van der Waals surface area contributed by atoms with Crippen LogP contribution in [0.5, 0.6) is 0 Å². The number of hydrogen-bond donors (Lipinski definition) is 1. The standard InChI is InChI=1S/C8H13NO2/c1-8(2,3)9-6(10)4-5-7(9)11/h4-6,10H,1-3H3. The normalized spacial score (nSPS) is 24.9. The Hall–Kier alpha value is -0.830. The van der Waals surface area contributed by atoms with Crippen LogP contribution in [0.15, 0.2) is 12.2 Å². The Morgan fingerprint density at radius 1 is 1.55 bits per heavy atom. The molecule has 1 aliphatic heterocycles. The number of aliphatic hydroxyl groups is 1. The Labute approximate surface area is 66.3 Å². The van der Waals surface area contributed by atoms with E-state index in [1.165, 1.54) is 17.1 Å². The van der Waals surface area contributed by atoms with Crippen molar-refractivity contribution >= 4 is 5.91 Å². The summed E-state index contributed by atoms with van der Waals surface area (Å²) >= 11 is 0. The van der Waals surface area contributed by atoms with Gasteiger partial charge >= 0.3 is 0 Å². The molecule has 0 fully saturated rings. The lowest BCUT2D eigenvalue weighted by atomic mass is 10.1. The van der Waals surface area contributed by atoms with Gasteiger partial charge in [0.1, 0.15) is 6.23 Å². The molecule has 3 heteroatoms. The fourth-order valence-electron chi connectivity index (χ4n) is 1.19. The quantitative estimate of drug-likeness (QED) is 0.553. The van der Waals surface area contributed by atoms with Crippen molar-refractivity contribution in [3.8, 4) is 0 Å². The predicted octanol–water partition coefficient (Wildman–Crippen LogP) is 0.502. The molecule has 11 heavy (non-hydrogen) atoms. The molecule has 0 saturated heterocycles. The highest BCUT2D eigenvalue weighted by atomic mass is 16.3. The third-order valence-corrected chi connectivity index (χ3v) is 1.64. The number of amides is 1. The van der Waals surface area contributed by atoms with Gasteiger partial charge in [0.15, 0.2) is 0 Å². The van der Waals surface area contributed by atoms with Crippen LogP contribution in [0.25, 0.3) is 0 Å². The smallest absolute Gasteiger partial charge is 0.249 e. The van der Waals surface area contributed by atoms with E-state index in [-0.39, 0.29) is 11.4 Å². The first kappa shape index (κ1) is 8.27. The minimum Gasteiger partial charge on any atom is -0.370 e. The van der Waals surface area contributed by atoms with Crippen LogP contribution in [-0.2, 0) is 4.79 Å². The van der Waals surface area contributed by atoms with Crippen LogP contribution in [0.3, 0.4) is 0 Å². The first-order valence-corrected chi connectivity index (χ1v) is 3.62. The third-order valence-electron chi connectivity index (χ3n) is 1.64. The molecular formula is C8H13NO2. The van der Waals surface area contributed by atoms with Crippen LogP contribution in [-0.4, -0.2) is 27.7 Å². The maximum atomic E-state index is 11.1. The van der Waals surface area contributed by atoms with E-state index in [1.54, 1.807) is 0 Å². The second-order valence-corrected chi connectivity index (χ2v) is 3.65. The summed E-state index contributed by atoms with van der Waals surface area (Å²) < 4.78 is 0. The summed E-state index contributed by atoms with van der Waals surface area (Å²) in [6.45, 7) is 5.67. The molecule has 1 amide bonds. The first-order chi connectivity index (χ1) is 4.93. The molecular weight excluding hydrogens is 142 g/mol. The largest absolute Gasteiger partial charge is 0.370 e. The van der Waals surface area contributed by atoms with Crippen LogP contribution in [0.2, 0.25) is 0 Å². The lowest BCUT2D eigenvalue weighted by molar-refractivity contribution is -0.137. The summed E-state index contributed by atoms with van der Waals surface area (Å²) in [5.41, 5.74) is -0.306. The van der Waals surface area contributed by atoms with Crippen molar-refractivity contribution in [3.05, 3.63) is 12.2 Å². The number of hydrogen-bond acceptors (Lipinski definition) is 2. The zero-order valence-electron chi connectivity index (χ0n) is 7.03. The molecule has 0 aromatic rings. The number of aliphatic hydroxyl groups excluding tert-OH is 1. The van der Waals surface area contributed by atoms with Crippen molar-refractivity contribution in [2.75, 3.05) is 0 Å². The number of nitrogens with zero attached hydrogens (tertiary/aromatic N) is 1. The SMILES string of the molecule is CC(C)(C)N1C(=O)C=CC1O. The molecule has 0 bridgehead atoms. The van der Waals surface area contributed by atoms with Gasteiger partial charge in [0.2, 0.25) is 5.91 Å². The molecule has 1 N–H and O–H groups in total. The fourth-order valence-corrected chi connectivity index (χ4v) is 1.19. The van der Waals surface area contributed by atoms with Gasteiger partial charge in [0.25, 0.3) is 0 Å². The van der Waals surface area contributed by atoms with Crippen molar-refractivity contribution in [1.82, 2.24) is 4.90 Å². The van der Waals surface area contributed by atoms with E-state index in [0.29, 0.717) is 0 Å². The van der Waals surface area contributed by atoms with Crippen LogP contribution in [0, 0.1) is 0 Å². The number of rotatable bonds is 0. The van der Waals surface area contributed by atoms with E-state index in [1.807, 2.05) is 20.8 Å². The van der Waals surface area contributed by atoms with E-state index in [2.05, 4.69) is 0 Å². The molecule has 0 aliphatic carbocycles. The van der Waals surface area contributed by atoms with E-state index in [9.17, 15) is 9.90 Å². The predicted molar refractivity (Wildman–Crippen MR) is 41.7 cm³/mol. The molecule has 0 spiro atoms. The Balaban J connectivity index is 2.82. The maximum absolute atomic E-state index is 11.1. The second kappa shape index (κ2) is 2.34. The lowest BCUT2D eigenvalue weighted by Gasteiger charge is -2.34. The van der Waals surface area contributed by atoms with Gasteiger partial charge in [0, 0.05) is 11.6 Å². The number of carbonyl (C=O) groups is 1. The Morgan fingerprint density at radius 3 is 2.27 bits per heavy atom. The average molecular weight is 155 g/mol. The second-order valence-electron chi connectivity index (χ2n) is 3.65. The molecule has 0 saturated carbocycles. The van der Waals surface area contributed by atoms with Crippen LogP contribution in [0.4, 0.5) is 0 Å². The van der Waals surface area contributed by atoms with Crippen molar-refractivity contribution in [2.24, 2.45) is 0 Å². The molecule has 1 rings (SSSR count). The van der Waals surface area contributed by atoms with E-state index in [0.717, 1.165) is 0 Å². The van der Waals surface area contributed by atoms with Crippen LogP contribution < -0.4 is 0 Å². The highest BCUT2D eigenvalue weighted by molar-refractivity contribution is 5.90. The van der Waals surface area contributed by atoms with E-state index < -0.39 is 6.23 Å². The van der Waals surface area contributed by atoms with Gasteiger partial charge < -0.3 is 10.0 Å². The summed E-state index contributed by atoms with van der Waals surface area (Å²) in [5.74, 6) is -0.120. The topological polar surface area (TPSA) is 40.5 Å². The van der Waals surface area contributed by atoms with Crippen molar-refractivity contribution in [2.45, 2.75) is 32.5 Å². The van der Waals surface area contributed by atoms with Gasteiger partial charge in [-0.2, -0.15) is 0 Å². The highest BCUT2D eigenvalue weighted by Gasteiger charge is 2.33. The van der Waals surface area contributed by atoms with Gasteiger partial charge in [0.05, 0.1) is 0 Å². The summed E-state index contributed by atoms with van der Waals surface area (Å²) in [5, 5.41) is 9.31. The van der Waals surface area contributed by atoms with Gasteiger partial charge in [-0.25, -0.2) is 0 Å². The van der Waals surface area contributed by atoms with Crippen molar-refractivity contribution < 1.29 is 9.90 Å². The molecule has 1 atom stereocenters. The zero-order valence-corrected chi connectivity index (χ0v) is 7.03. The number of carbonyl (C=O) groups excluding carboxylic acids is 1. The van der Waals surface area contributed by atoms with Crippen LogP contribution >= 0.6 is 0 Å². The monoisotopic (exact) mass is 155 g/mol. The summed E-state index contributed by atoms with van der Waals surface area (Å²) in [6.07, 6.45) is 2.14. The lowest BCUT2D eigenvalue weighted by Crippen LogP contribution is -2.47. The summed E-state index contributed by atoms with van der Waals surface area (Å²) in [4.78, 5) is 12.5. The first-order valence-electron chi connectivity index (χ1n) is 3.62.